The first-order chi connectivity index (χ1) is 11.9. The molecule has 0 radical (unpaired) electrons. The van der Waals surface area contributed by atoms with Crippen LogP contribution in [0, 0.1) is 6.92 Å². The second kappa shape index (κ2) is 8.30. The highest BCUT2D eigenvalue weighted by molar-refractivity contribution is 6.39. The van der Waals surface area contributed by atoms with Gasteiger partial charge in [0.25, 0.3) is 0 Å². The Kier molecular flexibility index (Phi) is 6.14. The van der Waals surface area contributed by atoms with Crippen molar-refractivity contribution in [1.82, 2.24) is 5.32 Å². The maximum Gasteiger partial charge on any atom is 0.313 e. The van der Waals surface area contributed by atoms with Crippen LogP contribution in [0.2, 0.25) is 5.02 Å². The van der Waals surface area contributed by atoms with Crippen LogP contribution in [0.5, 0.6) is 0 Å². The third-order valence-electron chi connectivity index (χ3n) is 3.50. The summed E-state index contributed by atoms with van der Waals surface area (Å²) in [4.78, 5) is 35.2. The molecule has 0 aromatic heterocycles. The highest BCUT2D eigenvalue weighted by atomic mass is 35.5. The van der Waals surface area contributed by atoms with Crippen LogP contribution in [0.1, 0.15) is 18.1 Å². The monoisotopic (exact) mass is 359 g/mol. The minimum Gasteiger partial charge on any atom is -0.344 e. The van der Waals surface area contributed by atoms with Gasteiger partial charge in [-0.3, -0.25) is 14.4 Å². The molecule has 0 spiro atoms. The van der Waals surface area contributed by atoms with Gasteiger partial charge in [-0.1, -0.05) is 35.9 Å². The van der Waals surface area contributed by atoms with Gasteiger partial charge in [0, 0.05) is 29.9 Å². The molecule has 2 aromatic carbocycles. The van der Waals surface area contributed by atoms with Crippen molar-refractivity contribution in [3.05, 3.63) is 58.6 Å². The van der Waals surface area contributed by atoms with Gasteiger partial charge in [0.05, 0.1) is 0 Å². The van der Waals surface area contributed by atoms with Crippen LogP contribution >= 0.6 is 11.6 Å². The third-order valence-corrected chi connectivity index (χ3v) is 3.86. The molecule has 0 fully saturated rings. The largest absolute Gasteiger partial charge is 0.344 e. The molecule has 0 aliphatic heterocycles. The van der Waals surface area contributed by atoms with E-state index in [9.17, 15) is 14.4 Å². The van der Waals surface area contributed by atoms with Crippen LogP contribution in [-0.4, -0.2) is 17.7 Å². The number of halogens is 1. The Morgan fingerprint density at radius 3 is 2.20 bits per heavy atom. The zero-order chi connectivity index (χ0) is 18.4. The number of nitrogens with one attached hydrogen (secondary N) is 3. The zero-order valence-electron chi connectivity index (χ0n) is 13.9. The van der Waals surface area contributed by atoms with Crippen LogP contribution in [0.15, 0.2) is 42.5 Å². The summed E-state index contributed by atoms with van der Waals surface area (Å²) in [6.07, 6.45) is 0. The van der Waals surface area contributed by atoms with E-state index in [1.54, 1.807) is 49.4 Å². The maximum atomic E-state index is 12.1. The second-order valence-corrected chi connectivity index (χ2v) is 5.79. The van der Waals surface area contributed by atoms with Crippen molar-refractivity contribution >= 4 is 40.7 Å². The normalized spacial score (nSPS) is 10.0. The minimum atomic E-state index is -0.796. The van der Waals surface area contributed by atoms with Crippen LogP contribution in [-0.2, 0) is 20.9 Å². The molecule has 2 aromatic rings. The van der Waals surface area contributed by atoms with Gasteiger partial charge in [-0.15, -0.1) is 0 Å². The Hall–Kier alpha value is -2.86. The van der Waals surface area contributed by atoms with Crippen molar-refractivity contribution in [3.8, 4) is 0 Å². The predicted octanol–water partition coefficient (Wildman–Crippen LogP) is 2.86. The molecule has 3 amide bonds. The smallest absolute Gasteiger partial charge is 0.313 e. The number of amides is 3. The highest BCUT2D eigenvalue weighted by Gasteiger charge is 2.16. The third kappa shape index (κ3) is 5.06. The van der Waals surface area contributed by atoms with E-state index in [0.29, 0.717) is 27.5 Å². The van der Waals surface area contributed by atoms with Crippen molar-refractivity contribution in [2.75, 3.05) is 10.6 Å². The number of hydrogen-bond acceptors (Lipinski definition) is 3. The van der Waals surface area contributed by atoms with E-state index >= 15 is 0 Å². The SMILES string of the molecule is CC(=O)Nc1cccc(NC(=O)C(=O)NCc2ccccc2Cl)c1C. The fourth-order valence-electron chi connectivity index (χ4n) is 2.17. The molecule has 0 saturated carbocycles. The van der Waals surface area contributed by atoms with E-state index in [1.807, 2.05) is 0 Å². The van der Waals surface area contributed by atoms with Gasteiger partial charge < -0.3 is 16.0 Å². The highest BCUT2D eigenvalue weighted by Crippen LogP contribution is 2.23. The lowest BCUT2D eigenvalue weighted by Gasteiger charge is -2.13. The molecule has 0 aliphatic rings. The lowest BCUT2D eigenvalue weighted by Crippen LogP contribution is -2.35. The molecule has 0 heterocycles. The van der Waals surface area contributed by atoms with E-state index in [4.69, 9.17) is 11.6 Å². The van der Waals surface area contributed by atoms with E-state index in [1.165, 1.54) is 6.92 Å². The average molecular weight is 360 g/mol. The number of rotatable bonds is 4. The summed E-state index contributed by atoms with van der Waals surface area (Å²) in [6.45, 7) is 3.28. The molecule has 0 atom stereocenters. The summed E-state index contributed by atoms with van der Waals surface area (Å²) in [5.74, 6) is -1.79. The van der Waals surface area contributed by atoms with Crippen molar-refractivity contribution in [3.63, 3.8) is 0 Å². The first-order valence-corrected chi connectivity index (χ1v) is 7.96. The van der Waals surface area contributed by atoms with E-state index < -0.39 is 11.8 Å². The summed E-state index contributed by atoms with van der Waals surface area (Å²) in [5, 5.41) is 8.24. The van der Waals surface area contributed by atoms with Crippen LogP contribution < -0.4 is 16.0 Å². The van der Waals surface area contributed by atoms with Gasteiger partial charge in [-0.25, -0.2) is 0 Å². The Bertz CT molecular complexity index is 821. The van der Waals surface area contributed by atoms with E-state index in [0.717, 1.165) is 0 Å². The number of carbonyl (C=O) groups is 3. The molecule has 6 nitrogen and oxygen atoms in total. The average Bonchev–Trinajstić information content (AvgIpc) is 2.57. The Morgan fingerprint density at radius 2 is 1.56 bits per heavy atom. The molecule has 130 valence electrons. The second-order valence-electron chi connectivity index (χ2n) is 5.39. The topological polar surface area (TPSA) is 87.3 Å². The first kappa shape index (κ1) is 18.5. The van der Waals surface area contributed by atoms with Gasteiger partial charge in [-0.05, 0) is 36.2 Å². The minimum absolute atomic E-state index is 0.150. The van der Waals surface area contributed by atoms with Crippen LogP contribution in [0.25, 0.3) is 0 Å². The van der Waals surface area contributed by atoms with Gasteiger partial charge in [0.15, 0.2) is 0 Å². The Balaban J connectivity index is 2.00. The first-order valence-electron chi connectivity index (χ1n) is 7.58. The van der Waals surface area contributed by atoms with Crippen molar-refractivity contribution in [2.24, 2.45) is 0 Å². The summed E-state index contributed by atoms with van der Waals surface area (Å²) >= 11 is 6.01. The van der Waals surface area contributed by atoms with Crippen LogP contribution in [0.3, 0.4) is 0 Å². The zero-order valence-corrected chi connectivity index (χ0v) is 14.6. The number of carbonyl (C=O) groups excluding carboxylic acids is 3. The molecule has 25 heavy (non-hydrogen) atoms. The summed E-state index contributed by atoms with van der Waals surface area (Å²) in [6, 6.07) is 12.1. The standard InChI is InChI=1S/C18H18ClN3O3/c1-11-15(21-12(2)23)8-5-9-16(11)22-18(25)17(24)20-10-13-6-3-4-7-14(13)19/h3-9H,10H2,1-2H3,(H,20,24)(H,21,23)(H,22,25). The van der Waals surface area contributed by atoms with Gasteiger partial charge >= 0.3 is 11.8 Å². The summed E-state index contributed by atoms with van der Waals surface area (Å²) in [7, 11) is 0. The molecule has 7 heteroatoms. The van der Waals surface area contributed by atoms with Crippen LogP contribution in [0.4, 0.5) is 11.4 Å². The lowest BCUT2D eigenvalue weighted by atomic mass is 10.1. The number of benzene rings is 2. The van der Waals surface area contributed by atoms with Gasteiger partial charge in [-0.2, -0.15) is 0 Å². The van der Waals surface area contributed by atoms with Crippen molar-refractivity contribution in [2.45, 2.75) is 20.4 Å². The van der Waals surface area contributed by atoms with E-state index in [2.05, 4.69) is 16.0 Å². The molecule has 0 aliphatic carbocycles. The van der Waals surface area contributed by atoms with Gasteiger partial charge in [0.2, 0.25) is 5.91 Å². The molecule has 0 bridgehead atoms. The summed E-state index contributed by atoms with van der Waals surface area (Å²) < 4.78 is 0. The van der Waals surface area contributed by atoms with Crippen molar-refractivity contribution < 1.29 is 14.4 Å². The Morgan fingerprint density at radius 1 is 0.920 bits per heavy atom. The lowest BCUT2D eigenvalue weighted by molar-refractivity contribution is -0.136. The molecular formula is C18H18ClN3O3. The van der Waals surface area contributed by atoms with Crippen molar-refractivity contribution in [1.29, 1.82) is 0 Å². The number of hydrogen-bond donors (Lipinski definition) is 3. The molecular weight excluding hydrogens is 342 g/mol. The fraction of sp³-hybridized carbons (Fsp3) is 0.167. The van der Waals surface area contributed by atoms with E-state index in [-0.39, 0.29) is 12.5 Å². The fourth-order valence-corrected chi connectivity index (χ4v) is 2.38. The maximum absolute atomic E-state index is 12.1. The molecule has 2 rings (SSSR count). The quantitative estimate of drug-likeness (QED) is 0.733. The summed E-state index contributed by atoms with van der Waals surface area (Å²) in [5.41, 5.74) is 2.39. The molecule has 0 unspecified atom stereocenters. The number of anilines is 2. The predicted molar refractivity (Wildman–Crippen MR) is 97.4 cm³/mol. The molecule has 3 N–H and O–H groups in total. The Labute approximate surface area is 150 Å². The van der Waals surface area contributed by atoms with Gasteiger partial charge in [0.1, 0.15) is 0 Å². The molecule has 0 saturated heterocycles.